The number of nitrogens with zero attached hydrogens (tertiary/aromatic N) is 3. The summed E-state index contributed by atoms with van der Waals surface area (Å²) in [6.07, 6.45) is 4.22. The molecule has 1 N–H and O–H groups in total. The van der Waals surface area contributed by atoms with Crippen LogP contribution in [0.3, 0.4) is 0 Å². The van der Waals surface area contributed by atoms with E-state index in [2.05, 4.69) is 9.88 Å². The summed E-state index contributed by atoms with van der Waals surface area (Å²) in [5.74, 6) is -0.623. The Labute approximate surface area is 201 Å². The molecule has 0 radical (unpaired) electrons. The summed E-state index contributed by atoms with van der Waals surface area (Å²) in [7, 11) is 1.67. The quantitative estimate of drug-likeness (QED) is 0.420. The second-order valence-electron chi connectivity index (χ2n) is 8.01. The first-order chi connectivity index (χ1) is 17.1. The molecule has 0 unspecified atom stereocenters. The Hall–Kier alpha value is -4.37. The van der Waals surface area contributed by atoms with Crippen LogP contribution in [0.1, 0.15) is 20.7 Å². The van der Waals surface area contributed by atoms with E-state index < -0.39 is 5.97 Å². The lowest BCUT2D eigenvalue weighted by Gasteiger charge is -2.37. The largest absolute Gasteiger partial charge is 0.478 e. The van der Waals surface area contributed by atoms with Gasteiger partial charge >= 0.3 is 5.97 Å². The van der Waals surface area contributed by atoms with Crippen LogP contribution in [0.4, 0.5) is 11.4 Å². The van der Waals surface area contributed by atoms with Gasteiger partial charge in [0.25, 0.3) is 5.91 Å². The van der Waals surface area contributed by atoms with Crippen LogP contribution in [-0.2, 0) is 4.74 Å². The van der Waals surface area contributed by atoms with E-state index in [1.807, 2.05) is 24.3 Å². The van der Waals surface area contributed by atoms with E-state index in [1.54, 1.807) is 42.5 Å². The number of ether oxygens (including phenoxy) is 2. The number of carboxylic acid groups (broad SMARTS) is 1. The molecule has 0 spiro atoms. The number of aromatic nitrogens is 1. The summed E-state index contributed by atoms with van der Waals surface area (Å²) in [5.41, 5.74) is 2.55. The van der Waals surface area contributed by atoms with Gasteiger partial charge in [-0.05, 0) is 36.4 Å². The number of anilines is 2. The highest BCUT2D eigenvalue weighted by Gasteiger charge is 2.29. The average molecular weight is 473 g/mol. The second kappa shape index (κ2) is 9.47. The molecule has 35 heavy (non-hydrogen) atoms. The summed E-state index contributed by atoms with van der Waals surface area (Å²) in [5, 5.41) is 9.81. The van der Waals surface area contributed by atoms with Crippen LogP contribution in [0.5, 0.6) is 11.5 Å². The number of fused-ring (bicyclic) bond motifs is 2. The fraction of sp³-hybridized carbons (Fsp3) is 0.192. The number of pyridine rings is 1. The lowest BCUT2D eigenvalue weighted by Crippen LogP contribution is -2.45. The molecule has 2 aromatic carbocycles. The molecule has 1 aliphatic heterocycles. The normalized spacial score (nSPS) is 13.1. The molecule has 3 heterocycles. The van der Waals surface area contributed by atoms with E-state index in [0.717, 1.165) is 17.9 Å². The highest BCUT2D eigenvalue weighted by Crippen LogP contribution is 2.36. The van der Waals surface area contributed by atoms with Crippen LogP contribution in [0.25, 0.3) is 11.0 Å². The highest BCUT2D eigenvalue weighted by atomic mass is 16.5. The van der Waals surface area contributed by atoms with Gasteiger partial charge in [0.2, 0.25) is 0 Å². The maximum atomic E-state index is 13.7. The Balaban J connectivity index is 1.45. The lowest BCUT2D eigenvalue weighted by molar-refractivity contribution is 0.0697. The number of hydrogen-bond acceptors (Lipinski definition) is 7. The van der Waals surface area contributed by atoms with Crippen LogP contribution in [-0.4, -0.2) is 55.3 Å². The van der Waals surface area contributed by atoms with Gasteiger partial charge in [0.05, 0.1) is 18.0 Å². The zero-order valence-electron chi connectivity index (χ0n) is 19.0. The second-order valence-corrected chi connectivity index (χ2v) is 8.01. The number of methoxy groups -OCH3 is 1. The minimum absolute atomic E-state index is 0.0411. The van der Waals surface area contributed by atoms with Crippen molar-refractivity contribution in [1.82, 2.24) is 4.98 Å². The highest BCUT2D eigenvalue weighted by molar-refractivity contribution is 6.10. The van der Waals surface area contributed by atoms with E-state index in [0.29, 0.717) is 47.7 Å². The molecule has 0 bridgehead atoms. The van der Waals surface area contributed by atoms with Gasteiger partial charge < -0.3 is 28.8 Å². The van der Waals surface area contributed by atoms with Crippen LogP contribution >= 0.6 is 0 Å². The van der Waals surface area contributed by atoms with Crippen molar-refractivity contribution >= 4 is 34.2 Å². The van der Waals surface area contributed by atoms with Gasteiger partial charge in [0, 0.05) is 44.5 Å². The van der Waals surface area contributed by atoms with Gasteiger partial charge in [-0.1, -0.05) is 12.1 Å². The van der Waals surface area contributed by atoms with E-state index >= 15 is 0 Å². The Kier molecular flexibility index (Phi) is 6.07. The minimum atomic E-state index is -1.09. The Morgan fingerprint density at radius 2 is 1.91 bits per heavy atom. The van der Waals surface area contributed by atoms with E-state index in [4.69, 9.17) is 13.9 Å². The molecule has 0 saturated heterocycles. The molecule has 9 heteroatoms. The molecule has 4 aromatic rings. The molecular formula is C26H23N3O6. The summed E-state index contributed by atoms with van der Waals surface area (Å²) in [6.45, 7) is 2.48. The molecule has 5 rings (SSSR count). The third-order valence-electron chi connectivity index (χ3n) is 5.93. The van der Waals surface area contributed by atoms with E-state index in [-0.39, 0.29) is 11.5 Å². The average Bonchev–Trinajstić information content (AvgIpc) is 3.31. The van der Waals surface area contributed by atoms with Gasteiger partial charge in [-0.15, -0.1) is 0 Å². The predicted molar refractivity (Wildman–Crippen MR) is 130 cm³/mol. The topological polar surface area (TPSA) is 105 Å². The molecule has 0 aliphatic carbocycles. The van der Waals surface area contributed by atoms with Crippen molar-refractivity contribution in [2.24, 2.45) is 0 Å². The summed E-state index contributed by atoms with van der Waals surface area (Å²) in [6, 6.07) is 14.3. The van der Waals surface area contributed by atoms with Crippen LogP contribution in [0.15, 0.2) is 71.6 Å². The van der Waals surface area contributed by atoms with Gasteiger partial charge in [0.15, 0.2) is 0 Å². The smallest absolute Gasteiger partial charge is 0.339 e. The summed E-state index contributed by atoms with van der Waals surface area (Å²) < 4.78 is 16.6. The van der Waals surface area contributed by atoms with Crippen molar-refractivity contribution in [2.45, 2.75) is 0 Å². The number of amides is 1. The number of carbonyl (C=O) groups excluding carboxylic acids is 1. The van der Waals surface area contributed by atoms with Crippen LogP contribution < -0.4 is 14.5 Å². The van der Waals surface area contributed by atoms with Gasteiger partial charge in [-0.3, -0.25) is 9.78 Å². The van der Waals surface area contributed by atoms with E-state index in [1.165, 1.54) is 12.5 Å². The first kappa shape index (κ1) is 22.4. The summed E-state index contributed by atoms with van der Waals surface area (Å²) >= 11 is 0. The molecule has 1 aliphatic rings. The molecule has 178 valence electrons. The zero-order valence-corrected chi connectivity index (χ0v) is 19.0. The Morgan fingerprint density at radius 3 is 2.71 bits per heavy atom. The first-order valence-electron chi connectivity index (χ1n) is 11.1. The van der Waals surface area contributed by atoms with Crippen LogP contribution in [0.2, 0.25) is 0 Å². The number of carbonyl (C=O) groups is 2. The zero-order chi connectivity index (χ0) is 24.4. The van der Waals surface area contributed by atoms with Crippen LogP contribution in [0, 0.1) is 0 Å². The standard InChI is InChI=1S/C26H23N3O6/c1-33-13-12-28-10-11-29(22-5-3-2-4-21(22)28)25(30)19-15-27-9-8-24(19)35-17-6-7-23-18(14-17)20(16-34-23)26(31)32/h2-9,14-16H,10-13H2,1H3,(H,31,32). The Morgan fingerprint density at radius 1 is 1.09 bits per heavy atom. The van der Waals surface area contributed by atoms with Crippen molar-refractivity contribution < 1.29 is 28.6 Å². The third kappa shape index (κ3) is 4.29. The fourth-order valence-corrected chi connectivity index (χ4v) is 4.21. The molecule has 0 atom stereocenters. The first-order valence-corrected chi connectivity index (χ1v) is 11.1. The number of furan rings is 1. The van der Waals surface area contributed by atoms with Crippen molar-refractivity contribution in [3.8, 4) is 11.5 Å². The number of carboxylic acids is 1. The summed E-state index contributed by atoms with van der Waals surface area (Å²) in [4.78, 5) is 33.2. The molecule has 0 fully saturated rings. The number of para-hydroxylation sites is 2. The lowest BCUT2D eigenvalue weighted by atomic mass is 10.1. The number of hydrogen-bond donors (Lipinski definition) is 1. The molecule has 2 aromatic heterocycles. The van der Waals surface area contributed by atoms with Crippen molar-refractivity contribution in [3.63, 3.8) is 0 Å². The van der Waals surface area contributed by atoms with Crippen molar-refractivity contribution in [1.29, 1.82) is 0 Å². The monoisotopic (exact) mass is 473 g/mol. The van der Waals surface area contributed by atoms with Crippen molar-refractivity contribution in [2.75, 3.05) is 43.2 Å². The molecule has 0 saturated carbocycles. The molecular weight excluding hydrogens is 450 g/mol. The minimum Gasteiger partial charge on any atom is -0.478 e. The SMILES string of the molecule is COCCN1CCN(C(=O)c2cnccc2Oc2ccc3occ(C(=O)O)c3c2)c2ccccc21. The number of rotatable bonds is 7. The fourth-order valence-electron chi connectivity index (χ4n) is 4.21. The maximum absolute atomic E-state index is 13.7. The third-order valence-corrected chi connectivity index (χ3v) is 5.93. The number of benzene rings is 2. The van der Waals surface area contributed by atoms with Gasteiger partial charge in [-0.2, -0.15) is 0 Å². The maximum Gasteiger partial charge on any atom is 0.339 e. The van der Waals surface area contributed by atoms with Crippen molar-refractivity contribution in [3.05, 3.63) is 78.3 Å². The van der Waals surface area contributed by atoms with Gasteiger partial charge in [-0.25, -0.2) is 4.79 Å². The molecule has 9 nitrogen and oxygen atoms in total. The van der Waals surface area contributed by atoms with Gasteiger partial charge in [0.1, 0.15) is 34.5 Å². The molecule has 1 amide bonds. The predicted octanol–water partition coefficient (Wildman–Crippen LogP) is 4.43. The number of aromatic carboxylic acids is 1. The van der Waals surface area contributed by atoms with E-state index in [9.17, 15) is 14.7 Å². The Bertz CT molecular complexity index is 1400.